The molecule has 4 nitrogen and oxygen atoms in total. The monoisotopic (exact) mass is 291 g/mol. The number of carbonyl (C=O) groups excluding carboxylic acids is 1. The van der Waals surface area contributed by atoms with Gasteiger partial charge in [-0.2, -0.15) is 5.10 Å². The van der Waals surface area contributed by atoms with Crippen molar-refractivity contribution in [2.24, 2.45) is 5.10 Å². The lowest BCUT2D eigenvalue weighted by Crippen LogP contribution is -2.22. The van der Waals surface area contributed by atoms with E-state index < -0.39 is 0 Å². The summed E-state index contributed by atoms with van der Waals surface area (Å²) >= 11 is 0. The van der Waals surface area contributed by atoms with Gasteiger partial charge >= 0.3 is 0 Å². The van der Waals surface area contributed by atoms with Crippen LogP contribution in [0.25, 0.3) is 10.9 Å². The van der Waals surface area contributed by atoms with Crippen molar-refractivity contribution < 1.29 is 4.79 Å². The number of aryl methyl sites for hydroxylation is 1. The minimum absolute atomic E-state index is 0.147. The van der Waals surface area contributed by atoms with Gasteiger partial charge in [-0.1, -0.05) is 42.5 Å². The van der Waals surface area contributed by atoms with Crippen molar-refractivity contribution in [2.75, 3.05) is 0 Å². The summed E-state index contributed by atoms with van der Waals surface area (Å²) < 4.78 is 1.91. The van der Waals surface area contributed by atoms with Crippen molar-refractivity contribution in [1.29, 1.82) is 0 Å². The predicted molar refractivity (Wildman–Crippen MR) is 88.9 cm³/mol. The molecule has 0 aliphatic rings. The predicted octanol–water partition coefficient (Wildman–Crippen LogP) is 3.10. The average Bonchev–Trinajstić information content (AvgIpc) is 2.92. The van der Waals surface area contributed by atoms with Gasteiger partial charge in [0.1, 0.15) is 6.54 Å². The number of rotatable bonds is 4. The van der Waals surface area contributed by atoms with Crippen molar-refractivity contribution in [3.8, 4) is 0 Å². The third kappa shape index (κ3) is 3.06. The number of hydrazone groups is 1. The molecule has 0 saturated heterocycles. The third-order valence-corrected chi connectivity index (χ3v) is 3.58. The van der Waals surface area contributed by atoms with Crippen LogP contribution < -0.4 is 5.43 Å². The summed E-state index contributed by atoms with van der Waals surface area (Å²) in [4.78, 5) is 12.0. The second kappa shape index (κ2) is 6.26. The fraction of sp³-hybridized carbons (Fsp3) is 0.111. The maximum Gasteiger partial charge on any atom is 0.259 e. The van der Waals surface area contributed by atoms with E-state index in [9.17, 15) is 4.79 Å². The number of benzene rings is 2. The van der Waals surface area contributed by atoms with E-state index in [0.717, 1.165) is 22.0 Å². The van der Waals surface area contributed by atoms with E-state index >= 15 is 0 Å². The molecule has 4 heteroatoms. The van der Waals surface area contributed by atoms with Crippen LogP contribution in [0.15, 0.2) is 65.9 Å². The normalized spacial score (nSPS) is 11.1. The first-order chi connectivity index (χ1) is 10.7. The van der Waals surface area contributed by atoms with Gasteiger partial charge < -0.3 is 4.57 Å². The molecular formula is C18H17N3O. The van der Waals surface area contributed by atoms with Crippen LogP contribution in [0.3, 0.4) is 0 Å². The van der Waals surface area contributed by atoms with E-state index in [-0.39, 0.29) is 12.5 Å². The molecule has 3 aromatic rings. The molecule has 0 spiro atoms. The van der Waals surface area contributed by atoms with E-state index in [2.05, 4.69) is 10.5 Å². The Hall–Kier alpha value is -2.88. The molecule has 22 heavy (non-hydrogen) atoms. The van der Waals surface area contributed by atoms with Crippen molar-refractivity contribution in [1.82, 2.24) is 9.99 Å². The summed E-state index contributed by atoms with van der Waals surface area (Å²) in [5, 5.41) is 5.15. The molecule has 1 N–H and O–H groups in total. The largest absolute Gasteiger partial charge is 0.338 e. The highest BCUT2D eigenvalue weighted by atomic mass is 16.2. The highest BCUT2D eigenvalue weighted by Gasteiger charge is 2.04. The lowest BCUT2D eigenvalue weighted by molar-refractivity contribution is -0.121. The van der Waals surface area contributed by atoms with Crippen molar-refractivity contribution >= 4 is 23.0 Å². The van der Waals surface area contributed by atoms with Crippen LogP contribution in [0.2, 0.25) is 0 Å². The topological polar surface area (TPSA) is 46.4 Å². The highest BCUT2D eigenvalue weighted by molar-refractivity contribution is 5.85. The minimum atomic E-state index is -0.147. The summed E-state index contributed by atoms with van der Waals surface area (Å²) in [6.45, 7) is 2.26. The summed E-state index contributed by atoms with van der Waals surface area (Å²) in [6.07, 6.45) is 3.58. The summed E-state index contributed by atoms with van der Waals surface area (Å²) in [6, 6.07) is 17.9. The van der Waals surface area contributed by atoms with E-state index in [1.54, 1.807) is 6.21 Å². The zero-order valence-electron chi connectivity index (χ0n) is 12.4. The quantitative estimate of drug-likeness (QED) is 0.582. The third-order valence-electron chi connectivity index (χ3n) is 3.58. The first-order valence-corrected chi connectivity index (χ1v) is 7.15. The van der Waals surface area contributed by atoms with Gasteiger partial charge in [-0.05, 0) is 35.6 Å². The highest BCUT2D eigenvalue weighted by Crippen LogP contribution is 2.14. The zero-order valence-corrected chi connectivity index (χ0v) is 12.4. The van der Waals surface area contributed by atoms with E-state index in [0.29, 0.717) is 0 Å². The number of nitrogens with one attached hydrogen (secondary N) is 1. The van der Waals surface area contributed by atoms with Gasteiger partial charge in [0.25, 0.3) is 5.91 Å². The number of fused-ring (bicyclic) bond motifs is 1. The number of hydrogen-bond donors (Lipinski definition) is 1. The fourth-order valence-electron chi connectivity index (χ4n) is 2.37. The van der Waals surface area contributed by atoms with Gasteiger partial charge in [0.05, 0.1) is 6.21 Å². The number of hydrogen-bond acceptors (Lipinski definition) is 2. The maximum atomic E-state index is 12.0. The molecule has 0 unspecified atom stereocenters. The second-order valence-corrected chi connectivity index (χ2v) is 5.15. The summed E-state index contributed by atoms with van der Waals surface area (Å²) in [5.74, 6) is -0.147. The van der Waals surface area contributed by atoms with E-state index in [1.165, 1.54) is 0 Å². The SMILES string of the molecule is Cc1ccccc1/C=N/NC(=O)Cn1ccc2ccccc21. The molecule has 0 atom stereocenters. The number of aromatic nitrogens is 1. The zero-order chi connectivity index (χ0) is 15.4. The molecule has 110 valence electrons. The molecule has 0 aliphatic heterocycles. The van der Waals surface area contributed by atoms with Crippen LogP contribution in [0.5, 0.6) is 0 Å². The molecule has 0 fully saturated rings. The Morgan fingerprint density at radius 3 is 2.77 bits per heavy atom. The summed E-state index contributed by atoms with van der Waals surface area (Å²) in [5.41, 5.74) is 5.73. The Bertz CT molecular complexity index is 833. The summed E-state index contributed by atoms with van der Waals surface area (Å²) in [7, 11) is 0. The van der Waals surface area contributed by atoms with Crippen LogP contribution in [0.1, 0.15) is 11.1 Å². The van der Waals surface area contributed by atoms with Crippen molar-refractivity contribution in [3.05, 3.63) is 71.9 Å². The molecule has 1 amide bonds. The first kappa shape index (κ1) is 14.1. The maximum absolute atomic E-state index is 12.0. The van der Waals surface area contributed by atoms with E-state index in [1.807, 2.05) is 72.3 Å². The van der Waals surface area contributed by atoms with Crippen LogP contribution in [0.4, 0.5) is 0 Å². The minimum Gasteiger partial charge on any atom is -0.338 e. The van der Waals surface area contributed by atoms with Gasteiger partial charge in [0, 0.05) is 11.7 Å². The fourth-order valence-corrected chi connectivity index (χ4v) is 2.37. The smallest absolute Gasteiger partial charge is 0.259 e. The Kier molecular flexibility index (Phi) is 4.01. The molecule has 0 saturated carbocycles. The molecule has 1 heterocycles. The Morgan fingerprint density at radius 2 is 1.91 bits per heavy atom. The second-order valence-electron chi connectivity index (χ2n) is 5.15. The van der Waals surface area contributed by atoms with Gasteiger partial charge in [0.15, 0.2) is 0 Å². The van der Waals surface area contributed by atoms with Crippen LogP contribution in [-0.2, 0) is 11.3 Å². The van der Waals surface area contributed by atoms with Gasteiger partial charge in [0.2, 0.25) is 0 Å². The van der Waals surface area contributed by atoms with Gasteiger partial charge in [-0.3, -0.25) is 4.79 Å². The molecule has 0 aliphatic carbocycles. The Labute approximate surface area is 129 Å². The Balaban J connectivity index is 1.65. The molecule has 0 radical (unpaired) electrons. The molecule has 2 aromatic carbocycles. The van der Waals surface area contributed by atoms with Crippen LogP contribution in [-0.4, -0.2) is 16.7 Å². The van der Waals surface area contributed by atoms with Crippen LogP contribution >= 0.6 is 0 Å². The number of carbonyl (C=O) groups is 1. The van der Waals surface area contributed by atoms with Crippen LogP contribution in [0, 0.1) is 6.92 Å². The lowest BCUT2D eigenvalue weighted by Gasteiger charge is -2.04. The average molecular weight is 291 g/mol. The molecule has 3 rings (SSSR count). The molecular weight excluding hydrogens is 274 g/mol. The van der Waals surface area contributed by atoms with Gasteiger partial charge in [-0.25, -0.2) is 5.43 Å². The lowest BCUT2D eigenvalue weighted by atomic mass is 10.1. The standard InChI is InChI=1S/C18H17N3O/c1-14-6-2-3-8-16(14)12-19-20-18(22)13-21-11-10-15-7-4-5-9-17(15)21/h2-12H,13H2,1H3,(H,20,22)/b19-12+. The van der Waals surface area contributed by atoms with Crippen molar-refractivity contribution in [2.45, 2.75) is 13.5 Å². The first-order valence-electron chi connectivity index (χ1n) is 7.15. The number of para-hydroxylation sites is 1. The molecule has 0 bridgehead atoms. The molecule has 1 aromatic heterocycles. The number of amides is 1. The van der Waals surface area contributed by atoms with Gasteiger partial charge in [-0.15, -0.1) is 0 Å². The van der Waals surface area contributed by atoms with E-state index in [4.69, 9.17) is 0 Å². The number of nitrogens with zero attached hydrogens (tertiary/aromatic N) is 2. The Morgan fingerprint density at radius 1 is 1.14 bits per heavy atom. The van der Waals surface area contributed by atoms with Crippen molar-refractivity contribution in [3.63, 3.8) is 0 Å².